The summed E-state index contributed by atoms with van der Waals surface area (Å²) in [6.45, 7) is -0.239. The molecule has 136 valence electrons. The minimum absolute atomic E-state index is 0.0553. The Kier molecular flexibility index (Phi) is 6.07. The van der Waals surface area contributed by atoms with Crippen molar-refractivity contribution in [3.63, 3.8) is 0 Å². The highest BCUT2D eigenvalue weighted by molar-refractivity contribution is 9.10. The van der Waals surface area contributed by atoms with Gasteiger partial charge in [0.2, 0.25) is 0 Å². The quantitative estimate of drug-likeness (QED) is 0.405. The van der Waals surface area contributed by atoms with Gasteiger partial charge in [0.05, 0.1) is 16.5 Å². The first kappa shape index (κ1) is 19.1. The third-order valence-electron chi connectivity index (χ3n) is 3.04. The van der Waals surface area contributed by atoms with E-state index in [0.717, 1.165) is 0 Å². The number of esters is 1. The number of H-pyrrole nitrogens is 1. The summed E-state index contributed by atoms with van der Waals surface area (Å²) in [6, 6.07) is 4.94. The molecule has 0 spiro atoms. The van der Waals surface area contributed by atoms with Crippen LogP contribution in [0.1, 0.15) is 11.4 Å². The van der Waals surface area contributed by atoms with Crippen molar-refractivity contribution >= 4 is 39.7 Å². The molecule has 2 aromatic rings. The first-order chi connectivity index (χ1) is 12.3. The summed E-state index contributed by atoms with van der Waals surface area (Å²) in [5, 5.41) is 20.1. The molecule has 0 unspecified atom stereocenters. The van der Waals surface area contributed by atoms with Crippen LogP contribution in [-0.2, 0) is 9.53 Å². The minimum Gasteiger partial charge on any atom is -0.488 e. The van der Waals surface area contributed by atoms with E-state index in [2.05, 4.69) is 30.6 Å². The summed E-state index contributed by atoms with van der Waals surface area (Å²) >= 11 is 3.29. The first-order valence-electron chi connectivity index (χ1n) is 6.96. The number of aromatic hydroxyl groups is 1. The summed E-state index contributed by atoms with van der Waals surface area (Å²) in [7, 11) is 1.25. The summed E-state index contributed by atoms with van der Waals surface area (Å²) in [5.74, 6) is -1.12. The van der Waals surface area contributed by atoms with Crippen molar-refractivity contribution in [1.29, 1.82) is 0 Å². The number of aromatic nitrogens is 2. The summed E-state index contributed by atoms with van der Waals surface area (Å²) in [5.41, 5.74) is -1.41. The highest BCUT2D eigenvalue weighted by Gasteiger charge is 2.21. The summed E-state index contributed by atoms with van der Waals surface area (Å²) in [4.78, 5) is 38.0. The van der Waals surface area contributed by atoms with E-state index in [1.807, 2.05) is 0 Å². The Hall–Kier alpha value is -3.21. The van der Waals surface area contributed by atoms with E-state index in [1.165, 1.54) is 13.2 Å². The van der Waals surface area contributed by atoms with Gasteiger partial charge in [-0.3, -0.25) is 14.9 Å². The van der Waals surface area contributed by atoms with Crippen LogP contribution < -0.4 is 10.3 Å². The number of ether oxygens (including phenoxy) is 2. The van der Waals surface area contributed by atoms with Crippen molar-refractivity contribution in [3.05, 3.63) is 54.5 Å². The zero-order valence-electron chi connectivity index (χ0n) is 13.3. The predicted molar refractivity (Wildman–Crippen MR) is 93.8 cm³/mol. The lowest BCUT2D eigenvalue weighted by Crippen LogP contribution is -2.14. The zero-order valence-corrected chi connectivity index (χ0v) is 14.8. The van der Waals surface area contributed by atoms with Crippen LogP contribution in [0.2, 0.25) is 0 Å². The van der Waals surface area contributed by atoms with E-state index in [9.17, 15) is 24.8 Å². The largest absolute Gasteiger partial charge is 0.488 e. The Morgan fingerprint density at radius 1 is 1.46 bits per heavy atom. The van der Waals surface area contributed by atoms with Crippen LogP contribution in [-0.4, -0.2) is 39.7 Å². The third kappa shape index (κ3) is 4.66. The molecule has 0 bridgehead atoms. The number of benzene rings is 1. The number of carbonyl (C=O) groups is 1. The number of carbonyl (C=O) groups excluding carboxylic acids is 1. The summed E-state index contributed by atoms with van der Waals surface area (Å²) in [6.07, 6.45) is 2.92. The van der Waals surface area contributed by atoms with Crippen LogP contribution in [0.15, 0.2) is 27.5 Å². The number of aromatic amines is 1. The molecule has 0 aliphatic rings. The monoisotopic (exact) mass is 425 g/mol. The van der Waals surface area contributed by atoms with Gasteiger partial charge in [-0.1, -0.05) is 12.1 Å². The molecule has 0 fully saturated rings. The van der Waals surface area contributed by atoms with E-state index in [1.54, 1.807) is 24.3 Å². The van der Waals surface area contributed by atoms with Crippen LogP contribution in [0.3, 0.4) is 0 Å². The van der Waals surface area contributed by atoms with Gasteiger partial charge in [-0.05, 0) is 39.7 Å². The number of hydrogen-bond acceptors (Lipinski definition) is 8. The number of nitrogens with one attached hydrogen (secondary N) is 1. The fraction of sp³-hybridized carbons (Fsp3) is 0.133. The van der Waals surface area contributed by atoms with Gasteiger partial charge in [-0.15, -0.1) is 0 Å². The number of halogens is 1. The van der Waals surface area contributed by atoms with Gasteiger partial charge in [0.15, 0.2) is 6.61 Å². The maximum Gasteiger partial charge on any atom is 0.395 e. The molecule has 2 N–H and O–H groups in total. The van der Waals surface area contributed by atoms with Crippen LogP contribution in [0.25, 0.3) is 12.2 Å². The van der Waals surface area contributed by atoms with Crippen molar-refractivity contribution in [2.45, 2.75) is 0 Å². The normalized spacial score (nSPS) is 10.7. The Balaban J connectivity index is 2.18. The molecule has 11 heteroatoms. The van der Waals surface area contributed by atoms with Gasteiger partial charge in [-0.2, -0.15) is 4.98 Å². The Morgan fingerprint density at radius 2 is 2.19 bits per heavy atom. The zero-order chi connectivity index (χ0) is 19.3. The van der Waals surface area contributed by atoms with Crippen molar-refractivity contribution in [1.82, 2.24) is 9.97 Å². The second-order valence-corrected chi connectivity index (χ2v) is 5.62. The van der Waals surface area contributed by atoms with E-state index < -0.39 is 28.0 Å². The van der Waals surface area contributed by atoms with Crippen molar-refractivity contribution in [3.8, 4) is 11.6 Å². The highest BCUT2D eigenvalue weighted by atomic mass is 79.9. The SMILES string of the molecule is COC(=O)COc1ccc(/C=C\c2nc(O)c([N+](=O)[O-])c(=O)[nH]2)cc1Br. The first-order valence-corrected chi connectivity index (χ1v) is 7.76. The number of hydrogen-bond donors (Lipinski definition) is 2. The maximum absolute atomic E-state index is 11.6. The molecule has 10 nitrogen and oxygen atoms in total. The van der Waals surface area contributed by atoms with Crippen LogP contribution in [0.4, 0.5) is 5.69 Å². The highest BCUT2D eigenvalue weighted by Crippen LogP contribution is 2.27. The molecular weight excluding hydrogens is 414 g/mol. The maximum atomic E-state index is 11.6. The van der Waals surface area contributed by atoms with Gasteiger partial charge in [0.25, 0.3) is 5.88 Å². The van der Waals surface area contributed by atoms with Gasteiger partial charge in [-0.25, -0.2) is 4.79 Å². The Morgan fingerprint density at radius 3 is 2.77 bits per heavy atom. The second kappa shape index (κ2) is 8.25. The van der Waals surface area contributed by atoms with E-state index in [-0.39, 0.29) is 12.4 Å². The lowest BCUT2D eigenvalue weighted by molar-refractivity contribution is -0.387. The molecule has 26 heavy (non-hydrogen) atoms. The average Bonchev–Trinajstić information content (AvgIpc) is 2.57. The smallest absolute Gasteiger partial charge is 0.395 e. The molecule has 0 saturated heterocycles. The molecule has 0 aliphatic heterocycles. The second-order valence-electron chi connectivity index (χ2n) is 4.77. The molecule has 2 rings (SSSR count). The molecule has 0 amide bonds. The van der Waals surface area contributed by atoms with Crippen LogP contribution >= 0.6 is 15.9 Å². The van der Waals surface area contributed by atoms with Gasteiger partial charge >= 0.3 is 17.2 Å². The molecule has 0 saturated carbocycles. The van der Waals surface area contributed by atoms with E-state index in [4.69, 9.17) is 4.74 Å². The lowest BCUT2D eigenvalue weighted by atomic mass is 10.2. The topological polar surface area (TPSA) is 145 Å². The standard InChI is InChI=1S/C15H12BrN3O7/c1-25-12(20)7-26-10-4-2-8(6-9(10)16)3-5-11-17-14(21)13(19(23)24)15(22)18-11/h2-6H,7H2,1H3,(H2,17,18,21,22)/b5-3-. The van der Waals surface area contributed by atoms with Crippen LogP contribution in [0, 0.1) is 10.1 Å². The van der Waals surface area contributed by atoms with Crippen molar-refractivity contribution in [2.75, 3.05) is 13.7 Å². The minimum atomic E-state index is -1.06. The van der Waals surface area contributed by atoms with E-state index >= 15 is 0 Å². The molecule has 0 radical (unpaired) electrons. The molecule has 1 aromatic heterocycles. The lowest BCUT2D eigenvalue weighted by Gasteiger charge is -2.07. The number of rotatable bonds is 6. The Labute approximate surface area is 154 Å². The van der Waals surface area contributed by atoms with Gasteiger partial charge < -0.3 is 19.6 Å². The van der Waals surface area contributed by atoms with E-state index in [0.29, 0.717) is 15.8 Å². The van der Waals surface area contributed by atoms with Crippen molar-refractivity contribution < 1.29 is 24.3 Å². The van der Waals surface area contributed by atoms with Crippen LogP contribution in [0.5, 0.6) is 11.6 Å². The third-order valence-corrected chi connectivity index (χ3v) is 3.66. The van der Waals surface area contributed by atoms with Crippen molar-refractivity contribution in [2.24, 2.45) is 0 Å². The summed E-state index contributed by atoms with van der Waals surface area (Å²) < 4.78 is 10.3. The number of methoxy groups -OCH3 is 1. The Bertz CT molecular complexity index is 939. The molecule has 1 heterocycles. The predicted octanol–water partition coefficient (Wildman–Crippen LogP) is 1.87. The van der Waals surface area contributed by atoms with Gasteiger partial charge in [0.1, 0.15) is 11.6 Å². The fourth-order valence-corrected chi connectivity index (χ4v) is 2.34. The molecule has 0 atom stereocenters. The number of nitrogens with zero attached hydrogens (tertiary/aromatic N) is 2. The fourth-order valence-electron chi connectivity index (χ4n) is 1.82. The van der Waals surface area contributed by atoms with Gasteiger partial charge in [0, 0.05) is 0 Å². The molecule has 1 aromatic carbocycles. The number of nitro groups is 1. The average molecular weight is 426 g/mol. The molecule has 0 aliphatic carbocycles. The molecular formula is C15H12BrN3O7.